The van der Waals surface area contributed by atoms with Gasteiger partial charge in [-0.15, -0.1) is 0 Å². The van der Waals surface area contributed by atoms with E-state index < -0.39 is 24.0 Å². The van der Waals surface area contributed by atoms with Crippen LogP contribution in [0.3, 0.4) is 0 Å². The Balaban J connectivity index is 4.73. The molecular weight excluding hydrogens is 222 g/mol. The van der Waals surface area contributed by atoms with Crippen molar-refractivity contribution in [1.29, 1.82) is 0 Å². The molecule has 0 amide bonds. The highest BCUT2D eigenvalue weighted by atomic mass is 16.5. The number of carboxylic acid groups (broad SMARTS) is 1. The highest BCUT2D eigenvalue weighted by Gasteiger charge is 2.31. The Hall–Kier alpha value is -1.36. The third-order valence-corrected chi connectivity index (χ3v) is 2.25. The molecule has 98 valence electrons. The molecule has 0 aliphatic rings. The Kier molecular flexibility index (Phi) is 5.88. The molecule has 2 unspecified atom stereocenters. The van der Waals surface area contributed by atoms with Crippen LogP contribution in [0.15, 0.2) is 12.2 Å². The minimum atomic E-state index is -0.961. The number of allylic oxidation sites excluding steroid dienone is 1. The number of hydrogen-bond donors (Lipinski definition) is 1. The van der Waals surface area contributed by atoms with Crippen LogP contribution < -0.4 is 0 Å². The fraction of sp³-hybridized carbons (Fsp3) is 0.667. The number of rotatable bonds is 6. The van der Waals surface area contributed by atoms with Crippen molar-refractivity contribution in [2.45, 2.75) is 20.0 Å². The van der Waals surface area contributed by atoms with Crippen molar-refractivity contribution in [3.8, 4) is 0 Å². The summed E-state index contributed by atoms with van der Waals surface area (Å²) in [5, 5.41) is 8.98. The predicted octanol–water partition coefficient (Wildman–Crippen LogP) is 0.901. The van der Waals surface area contributed by atoms with E-state index in [-0.39, 0.29) is 0 Å². The van der Waals surface area contributed by atoms with Crippen LogP contribution in [0.5, 0.6) is 0 Å². The van der Waals surface area contributed by atoms with Crippen molar-refractivity contribution in [2.75, 3.05) is 27.7 Å². The summed E-state index contributed by atoms with van der Waals surface area (Å²) in [5.41, 5.74) is 0. The van der Waals surface area contributed by atoms with Gasteiger partial charge in [0, 0.05) is 6.08 Å². The van der Waals surface area contributed by atoms with E-state index >= 15 is 0 Å². The molecule has 0 heterocycles. The van der Waals surface area contributed by atoms with E-state index in [1.807, 2.05) is 21.1 Å². The molecule has 0 radical (unpaired) electrons. The first-order valence-corrected chi connectivity index (χ1v) is 5.54. The second-order valence-electron chi connectivity index (χ2n) is 5.08. The van der Waals surface area contributed by atoms with E-state index in [1.165, 1.54) is 6.08 Å². The van der Waals surface area contributed by atoms with Gasteiger partial charge in [-0.05, 0) is 13.8 Å². The van der Waals surface area contributed by atoms with Crippen molar-refractivity contribution in [2.24, 2.45) is 5.92 Å². The van der Waals surface area contributed by atoms with E-state index in [2.05, 4.69) is 0 Å². The van der Waals surface area contributed by atoms with Crippen LogP contribution in [0.1, 0.15) is 13.8 Å². The van der Waals surface area contributed by atoms with Crippen LogP contribution in [0.25, 0.3) is 0 Å². The Bertz CT molecular complexity index is 304. The lowest BCUT2D eigenvalue weighted by Crippen LogP contribution is -2.46. The predicted molar refractivity (Wildman–Crippen MR) is 64.4 cm³/mol. The van der Waals surface area contributed by atoms with Gasteiger partial charge in [-0.2, -0.15) is 0 Å². The number of ether oxygens (including phenoxy) is 1. The topological polar surface area (TPSA) is 63.6 Å². The minimum absolute atomic E-state index is 0.455. The lowest BCUT2D eigenvalue weighted by Gasteiger charge is -2.30. The zero-order chi connectivity index (χ0) is 13.6. The van der Waals surface area contributed by atoms with Gasteiger partial charge >= 0.3 is 11.9 Å². The van der Waals surface area contributed by atoms with Gasteiger partial charge < -0.3 is 14.3 Å². The summed E-state index contributed by atoms with van der Waals surface area (Å²) in [7, 11) is 5.77. The maximum atomic E-state index is 11.4. The van der Waals surface area contributed by atoms with E-state index in [1.54, 1.807) is 19.9 Å². The van der Waals surface area contributed by atoms with E-state index in [9.17, 15) is 9.59 Å². The van der Waals surface area contributed by atoms with Crippen molar-refractivity contribution < 1.29 is 23.9 Å². The number of carbonyl (C=O) groups is 2. The molecule has 0 bridgehead atoms. The second kappa shape index (κ2) is 6.39. The molecule has 5 heteroatoms. The van der Waals surface area contributed by atoms with Crippen molar-refractivity contribution >= 4 is 11.9 Å². The van der Waals surface area contributed by atoms with E-state index in [0.717, 1.165) is 0 Å². The average Bonchev–Trinajstić information content (AvgIpc) is 2.13. The molecule has 0 saturated heterocycles. The van der Waals surface area contributed by atoms with Crippen LogP contribution in [-0.4, -0.2) is 55.3 Å². The zero-order valence-corrected chi connectivity index (χ0v) is 11.1. The van der Waals surface area contributed by atoms with Gasteiger partial charge in [0.05, 0.1) is 27.1 Å². The first-order chi connectivity index (χ1) is 7.67. The summed E-state index contributed by atoms with van der Waals surface area (Å²) in [6.45, 7) is 3.71. The van der Waals surface area contributed by atoms with Crippen molar-refractivity contribution in [3.63, 3.8) is 0 Å². The number of carbonyl (C=O) groups excluding carboxylic acids is 1. The van der Waals surface area contributed by atoms with Gasteiger partial charge in [0.25, 0.3) is 0 Å². The van der Waals surface area contributed by atoms with Crippen molar-refractivity contribution in [1.82, 2.24) is 0 Å². The summed E-state index contributed by atoms with van der Waals surface area (Å²) in [5.74, 6) is -2.18. The molecule has 2 atom stereocenters. The number of hydrogen-bond acceptors (Lipinski definition) is 3. The molecule has 17 heavy (non-hydrogen) atoms. The standard InChI is InChI=1S/C12H21NO4/c1-6-7-11(14)17-10(8-13(3,4)5)9(2)12(15)16/h6-7,9-10H,8H2,1-5H3/p+1/b7-6+. The maximum Gasteiger partial charge on any atom is 0.330 e. The quantitative estimate of drug-likeness (QED) is 0.428. The normalized spacial score (nSPS) is 15.6. The van der Waals surface area contributed by atoms with Gasteiger partial charge in [-0.3, -0.25) is 4.79 Å². The van der Waals surface area contributed by atoms with Crippen LogP contribution in [0.2, 0.25) is 0 Å². The molecule has 1 N–H and O–H groups in total. The van der Waals surface area contributed by atoms with Gasteiger partial charge in [0.15, 0.2) is 6.10 Å². The fourth-order valence-corrected chi connectivity index (χ4v) is 1.32. The van der Waals surface area contributed by atoms with E-state index in [4.69, 9.17) is 9.84 Å². The Morgan fingerprint density at radius 2 is 1.88 bits per heavy atom. The number of esters is 1. The van der Waals surface area contributed by atoms with Crippen LogP contribution >= 0.6 is 0 Å². The number of carboxylic acids is 1. The maximum absolute atomic E-state index is 11.4. The summed E-state index contributed by atoms with van der Waals surface area (Å²) >= 11 is 0. The molecule has 0 saturated carbocycles. The fourth-order valence-electron chi connectivity index (χ4n) is 1.32. The largest absolute Gasteiger partial charge is 0.481 e. The van der Waals surface area contributed by atoms with Gasteiger partial charge in [0.2, 0.25) is 0 Å². The van der Waals surface area contributed by atoms with Gasteiger partial charge in [0.1, 0.15) is 6.54 Å². The summed E-state index contributed by atoms with van der Waals surface area (Å²) in [6.07, 6.45) is 2.23. The first-order valence-electron chi connectivity index (χ1n) is 5.54. The number of aliphatic carboxylic acids is 1. The molecule has 0 aromatic carbocycles. The van der Waals surface area contributed by atoms with Crippen LogP contribution in [0.4, 0.5) is 0 Å². The summed E-state index contributed by atoms with van der Waals surface area (Å²) in [6, 6.07) is 0. The number of nitrogens with zero attached hydrogens (tertiary/aromatic N) is 1. The van der Waals surface area contributed by atoms with Gasteiger partial charge in [-0.25, -0.2) is 4.79 Å². The lowest BCUT2D eigenvalue weighted by atomic mass is 10.0. The average molecular weight is 244 g/mol. The lowest BCUT2D eigenvalue weighted by molar-refractivity contribution is -0.873. The molecule has 0 aliphatic carbocycles. The molecule has 0 aliphatic heterocycles. The third-order valence-electron chi connectivity index (χ3n) is 2.25. The molecular formula is C12H22NO4+. The molecule has 0 spiro atoms. The SMILES string of the molecule is C/C=C/C(=O)OC(C[N+](C)(C)C)C(C)C(=O)O. The third kappa shape index (κ3) is 6.73. The molecule has 5 nitrogen and oxygen atoms in total. The number of likely N-dealkylation sites (N-methyl/N-ethyl adjacent to an activating group) is 1. The first kappa shape index (κ1) is 15.6. The van der Waals surface area contributed by atoms with E-state index in [0.29, 0.717) is 11.0 Å². The summed E-state index contributed by atoms with van der Waals surface area (Å²) in [4.78, 5) is 22.3. The Morgan fingerprint density at radius 1 is 1.35 bits per heavy atom. The Morgan fingerprint density at radius 3 is 2.24 bits per heavy atom. The minimum Gasteiger partial charge on any atom is -0.481 e. The van der Waals surface area contributed by atoms with Crippen LogP contribution in [0, 0.1) is 5.92 Å². The molecule has 0 rings (SSSR count). The highest BCUT2D eigenvalue weighted by Crippen LogP contribution is 2.12. The molecule has 0 aromatic rings. The molecule has 0 fully saturated rings. The van der Waals surface area contributed by atoms with Gasteiger partial charge in [-0.1, -0.05) is 6.08 Å². The Labute approximate surface area is 102 Å². The zero-order valence-electron chi connectivity index (χ0n) is 11.1. The monoisotopic (exact) mass is 244 g/mol. The second-order valence-corrected chi connectivity index (χ2v) is 5.08. The number of quaternary nitrogens is 1. The summed E-state index contributed by atoms with van der Waals surface area (Å²) < 4.78 is 5.70. The smallest absolute Gasteiger partial charge is 0.330 e. The molecule has 0 aromatic heterocycles. The highest BCUT2D eigenvalue weighted by molar-refractivity contribution is 5.82. The van der Waals surface area contributed by atoms with Crippen molar-refractivity contribution in [3.05, 3.63) is 12.2 Å². The van der Waals surface area contributed by atoms with Crippen LogP contribution in [-0.2, 0) is 14.3 Å².